The zero-order chi connectivity index (χ0) is 30.9. The summed E-state index contributed by atoms with van der Waals surface area (Å²) in [4.78, 5) is 39.2. The average Bonchev–Trinajstić information content (AvgIpc) is 2.98. The summed E-state index contributed by atoms with van der Waals surface area (Å²) in [5.74, 6) is 0.367. The smallest absolute Gasteiger partial charge is 0.334 e. The van der Waals surface area contributed by atoms with Gasteiger partial charge in [-0.3, -0.25) is 0 Å². The molecule has 43 heavy (non-hydrogen) atoms. The number of anilines is 1. The van der Waals surface area contributed by atoms with Gasteiger partial charge in [0.2, 0.25) is 0 Å². The number of piperidine rings is 1. The number of amides is 2. The number of terminal acetylenes is 1. The number of carboxylic acid groups (broad SMARTS) is 2. The molecule has 2 aromatic rings. The quantitative estimate of drug-likeness (QED) is 0.192. The third-order valence-electron chi connectivity index (χ3n) is 7.87. The molecule has 2 aliphatic heterocycles. The molecular weight excluding hydrogens is 548 g/mol. The van der Waals surface area contributed by atoms with Gasteiger partial charge in [0.15, 0.2) is 0 Å². The zero-order valence-corrected chi connectivity index (χ0v) is 24.5. The molecule has 2 aliphatic rings. The van der Waals surface area contributed by atoms with Crippen molar-refractivity contribution in [1.82, 2.24) is 15.5 Å². The van der Waals surface area contributed by atoms with Crippen LogP contribution in [0.15, 0.2) is 71.1 Å². The molecule has 10 heteroatoms. The van der Waals surface area contributed by atoms with E-state index in [4.69, 9.17) is 11.2 Å². The van der Waals surface area contributed by atoms with Crippen molar-refractivity contribution in [2.75, 3.05) is 38.1 Å². The van der Waals surface area contributed by atoms with Gasteiger partial charge in [-0.15, -0.1) is 6.42 Å². The summed E-state index contributed by atoms with van der Waals surface area (Å²) in [6, 6.07) is 14.4. The molecule has 1 saturated heterocycles. The summed E-state index contributed by atoms with van der Waals surface area (Å²) >= 11 is 0. The maximum absolute atomic E-state index is 12.6. The highest BCUT2D eigenvalue weighted by Crippen LogP contribution is 2.39. The number of carbonyl (C=O) groups is 3. The van der Waals surface area contributed by atoms with Gasteiger partial charge >= 0.3 is 18.0 Å². The molecule has 5 N–H and O–H groups in total. The Morgan fingerprint density at radius 3 is 2.30 bits per heavy atom. The summed E-state index contributed by atoms with van der Waals surface area (Å²) in [6.07, 6.45) is 8.19. The molecule has 0 bridgehead atoms. The van der Waals surface area contributed by atoms with E-state index in [2.05, 4.69) is 38.9 Å². The third-order valence-corrected chi connectivity index (χ3v) is 7.87. The lowest BCUT2D eigenvalue weighted by Crippen LogP contribution is -2.36. The number of dihydropyridines is 1. The van der Waals surface area contributed by atoms with Gasteiger partial charge in [0.05, 0.1) is 17.1 Å². The Morgan fingerprint density at radius 2 is 1.65 bits per heavy atom. The second-order valence-electron chi connectivity index (χ2n) is 10.8. The highest BCUT2D eigenvalue weighted by atomic mass is 16.5. The lowest BCUT2D eigenvalue weighted by atomic mass is 9.80. The number of hydrogen-bond acceptors (Lipinski definition) is 6. The van der Waals surface area contributed by atoms with Crippen molar-refractivity contribution in [3.63, 3.8) is 0 Å². The highest BCUT2D eigenvalue weighted by Gasteiger charge is 2.36. The van der Waals surface area contributed by atoms with Crippen LogP contribution in [-0.2, 0) is 9.59 Å². The van der Waals surface area contributed by atoms with Crippen LogP contribution in [0.5, 0.6) is 5.75 Å². The molecule has 2 amide bonds. The second kappa shape index (κ2) is 14.4. The fourth-order valence-corrected chi connectivity index (χ4v) is 5.84. The lowest BCUT2D eigenvalue weighted by molar-refractivity contribution is -0.133. The van der Waals surface area contributed by atoms with Gasteiger partial charge in [0.1, 0.15) is 12.4 Å². The zero-order valence-electron chi connectivity index (χ0n) is 24.5. The Hall–Kier alpha value is -4.75. The fourth-order valence-electron chi connectivity index (χ4n) is 5.84. The molecule has 0 aliphatic carbocycles. The van der Waals surface area contributed by atoms with E-state index in [9.17, 15) is 24.6 Å². The van der Waals surface area contributed by atoms with Crippen LogP contribution in [-0.4, -0.2) is 65.9 Å². The first kappa shape index (κ1) is 31.2. The number of ether oxygens (including phenoxy) is 1. The predicted octanol–water partition coefficient (Wildman–Crippen LogP) is 4.49. The highest BCUT2D eigenvalue weighted by molar-refractivity contribution is 5.98. The Morgan fingerprint density at radius 1 is 1.00 bits per heavy atom. The average molecular weight is 587 g/mol. The molecule has 4 rings (SSSR count). The molecule has 10 nitrogen and oxygen atoms in total. The Balaban J connectivity index is 1.26. The van der Waals surface area contributed by atoms with Gasteiger partial charge in [-0.1, -0.05) is 30.2 Å². The SMILES string of the molecule is C#CCOc1cccc(C2CCN(CCCNC(=O)Nc3cccc(C4C(C(=O)O)=C(C)NC(C)=C4C(=O)O)c3)CC2)c1. The minimum atomic E-state index is -1.21. The van der Waals surface area contributed by atoms with Crippen molar-refractivity contribution in [3.05, 3.63) is 82.2 Å². The molecular formula is C33H38N4O6. The van der Waals surface area contributed by atoms with Crippen molar-refractivity contribution in [1.29, 1.82) is 0 Å². The topological polar surface area (TPSA) is 140 Å². The molecule has 1 fully saturated rings. The first-order chi connectivity index (χ1) is 20.7. The van der Waals surface area contributed by atoms with Gasteiger partial charge in [-0.25, -0.2) is 14.4 Å². The van der Waals surface area contributed by atoms with Crippen molar-refractivity contribution in [3.8, 4) is 18.1 Å². The molecule has 0 radical (unpaired) electrons. The van der Waals surface area contributed by atoms with Crippen LogP contribution in [0.2, 0.25) is 0 Å². The van der Waals surface area contributed by atoms with Gasteiger partial charge in [-0.05, 0) is 94.1 Å². The number of aliphatic carboxylic acids is 2. The van der Waals surface area contributed by atoms with Crippen molar-refractivity contribution >= 4 is 23.7 Å². The molecule has 2 heterocycles. The van der Waals surface area contributed by atoms with E-state index in [-0.39, 0.29) is 23.8 Å². The van der Waals surface area contributed by atoms with E-state index in [1.54, 1.807) is 38.1 Å². The summed E-state index contributed by atoms with van der Waals surface area (Å²) in [6.45, 7) is 6.79. The first-order valence-corrected chi connectivity index (χ1v) is 14.4. The number of benzene rings is 2. The van der Waals surface area contributed by atoms with Crippen molar-refractivity contribution in [2.45, 2.75) is 44.9 Å². The van der Waals surface area contributed by atoms with Crippen LogP contribution >= 0.6 is 0 Å². The number of allylic oxidation sites excluding steroid dienone is 2. The lowest BCUT2D eigenvalue weighted by Gasteiger charge is -2.32. The van der Waals surface area contributed by atoms with Gasteiger partial charge < -0.3 is 35.8 Å². The van der Waals surface area contributed by atoms with Crippen LogP contribution in [0.4, 0.5) is 10.5 Å². The molecule has 0 spiro atoms. The number of nitrogens with zero attached hydrogens (tertiary/aromatic N) is 1. The summed E-state index contributed by atoms with van der Waals surface area (Å²) in [5, 5.41) is 28.2. The Bertz CT molecular complexity index is 1430. The molecule has 0 aromatic heterocycles. The largest absolute Gasteiger partial charge is 0.481 e. The first-order valence-electron chi connectivity index (χ1n) is 14.4. The third kappa shape index (κ3) is 7.96. The summed E-state index contributed by atoms with van der Waals surface area (Å²) < 4.78 is 5.56. The van der Waals surface area contributed by atoms with Crippen LogP contribution < -0.4 is 20.7 Å². The fraction of sp³-hybridized carbons (Fsp3) is 0.364. The van der Waals surface area contributed by atoms with E-state index in [1.807, 2.05) is 12.1 Å². The maximum Gasteiger partial charge on any atom is 0.334 e. The summed E-state index contributed by atoms with van der Waals surface area (Å²) in [7, 11) is 0. The van der Waals surface area contributed by atoms with E-state index >= 15 is 0 Å². The number of carbonyl (C=O) groups excluding carboxylic acids is 1. The Kier molecular flexibility index (Phi) is 10.5. The normalized spacial score (nSPS) is 16.3. The van der Waals surface area contributed by atoms with Crippen molar-refractivity contribution < 1.29 is 29.3 Å². The summed E-state index contributed by atoms with van der Waals surface area (Å²) in [5.41, 5.74) is 2.83. The standard InChI is InChI=1S/C33H38N4O6/c1-4-18-43-27-11-6-8-24(20-27)23-12-16-37(17-13-23)15-7-14-34-33(42)36-26-10-5-9-25(19-26)30-28(31(38)39)21(2)35-22(3)29(30)32(40)41/h1,5-6,8-11,19-20,23,30,35H,7,12-18H2,2-3H3,(H,38,39)(H,40,41)(H2,34,36,42). The van der Waals surface area contributed by atoms with E-state index in [0.717, 1.165) is 44.6 Å². The number of likely N-dealkylation sites (tertiary alicyclic amines) is 1. The van der Waals surface area contributed by atoms with Crippen molar-refractivity contribution in [2.24, 2.45) is 0 Å². The minimum Gasteiger partial charge on any atom is -0.481 e. The molecule has 0 unspecified atom stereocenters. The van der Waals surface area contributed by atoms with E-state index in [1.165, 1.54) is 5.56 Å². The van der Waals surface area contributed by atoms with Crippen LogP contribution in [0.3, 0.4) is 0 Å². The van der Waals surface area contributed by atoms with Gasteiger partial charge in [0, 0.05) is 23.6 Å². The Labute approximate surface area is 251 Å². The molecule has 2 aromatic carbocycles. The van der Waals surface area contributed by atoms with E-state index < -0.39 is 17.9 Å². The van der Waals surface area contributed by atoms with Crippen LogP contribution in [0.1, 0.15) is 56.1 Å². The predicted molar refractivity (Wildman–Crippen MR) is 164 cm³/mol. The maximum atomic E-state index is 12.6. The monoisotopic (exact) mass is 586 g/mol. The minimum absolute atomic E-state index is 0.0452. The second-order valence-corrected chi connectivity index (χ2v) is 10.8. The van der Waals surface area contributed by atoms with Crippen LogP contribution in [0, 0.1) is 12.3 Å². The van der Waals surface area contributed by atoms with Crippen LogP contribution in [0.25, 0.3) is 0 Å². The number of hydrogen-bond donors (Lipinski definition) is 5. The molecule has 0 saturated carbocycles. The van der Waals surface area contributed by atoms with Gasteiger partial charge in [-0.2, -0.15) is 0 Å². The molecule has 0 atom stereocenters. The van der Waals surface area contributed by atoms with Gasteiger partial charge in [0.25, 0.3) is 0 Å². The number of carboxylic acids is 2. The number of nitrogens with one attached hydrogen (secondary N) is 3. The number of urea groups is 1. The molecule has 226 valence electrons. The van der Waals surface area contributed by atoms with E-state index in [0.29, 0.717) is 35.1 Å². The number of rotatable bonds is 11.